The fraction of sp³-hybridized carbons (Fsp3) is 0.600. The average Bonchev–Trinajstić information content (AvgIpc) is 2.85. The first-order chi connectivity index (χ1) is 7.59. The topological polar surface area (TPSA) is 79.2 Å². The Hall–Kier alpha value is -1.40. The van der Waals surface area contributed by atoms with Gasteiger partial charge in [0.05, 0.1) is 5.60 Å². The van der Waals surface area contributed by atoms with Gasteiger partial charge < -0.3 is 15.7 Å². The van der Waals surface area contributed by atoms with E-state index in [1.165, 1.54) is 0 Å². The second-order valence-corrected chi connectivity index (χ2v) is 4.21. The molecule has 88 valence electrons. The molecule has 2 rings (SSSR count). The van der Waals surface area contributed by atoms with Gasteiger partial charge in [-0.05, 0) is 19.0 Å². The number of rotatable bonds is 3. The fourth-order valence-corrected chi connectivity index (χ4v) is 1.75. The summed E-state index contributed by atoms with van der Waals surface area (Å²) in [6.07, 6.45) is 2.37. The molecule has 0 aliphatic carbocycles. The smallest absolute Gasteiger partial charge is 0.271 e. The molecule has 6 nitrogen and oxygen atoms in total. The molecule has 3 N–H and O–H groups in total. The van der Waals surface area contributed by atoms with Crippen LogP contribution in [-0.2, 0) is 7.05 Å². The van der Waals surface area contributed by atoms with Crippen LogP contribution in [0.5, 0.6) is 0 Å². The predicted octanol–water partition coefficient (Wildman–Crippen LogP) is -1.13. The van der Waals surface area contributed by atoms with Crippen LogP contribution in [0.15, 0.2) is 12.3 Å². The second kappa shape index (κ2) is 4.23. The Morgan fingerprint density at radius 2 is 2.62 bits per heavy atom. The first kappa shape index (κ1) is 11.1. The van der Waals surface area contributed by atoms with E-state index in [9.17, 15) is 9.90 Å². The lowest BCUT2D eigenvalue weighted by Gasteiger charge is -2.21. The Labute approximate surface area is 93.6 Å². The summed E-state index contributed by atoms with van der Waals surface area (Å²) in [7, 11) is 1.76. The highest BCUT2D eigenvalue weighted by Crippen LogP contribution is 2.12. The van der Waals surface area contributed by atoms with Crippen molar-refractivity contribution >= 4 is 5.91 Å². The van der Waals surface area contributed by atoms with Crippen LogP contribution in [0.1, 0.15) is 16.9 Å². The molecule has 2 heterocycles. The highest BCUT2D eigenvalue weighted by Gasteiger charge is 2.31. The zero-order chi connectivity index (χ0) is 11.6. The van der Waals surface area contributed by atoms with Gasteiger partial charge in [0.1, 0.15) is 5.69 Å². The van der Waals surface area contributed by atoms with Crippen LogP contribution in [0.4, 0.5) is 0 Å². The van der Waals surface area contributed by atoms with Gasteiger partial charge >= 0.3 is 0 Å². The van der Waals surface area contributed by atoms with Crippen LogP contribution in [0.25, 0.3) is 0 Å². The number of hydrogen-bond acceptors (Lipinski definition) is 4. The van der Waals surface area contributed by atoms with Crippen LogP contribution in [0.3, 0.4) is 0 Å². The van der Waals surface area contributed by atoms with Crippen molar-refractivity contribution in [2.45, 2.75) is 12.0 Å². The van der Waals surface area contributed by atoms with E-state index in [0.717, 1.165) is 6.54 Å². The number of aromatic nitrogens is 2. The van der Waals surface area contributed by atoms with Crippen LogP contribution in [0.2, 0.25) is 0 Å². The van der Waals surface area contributed by atoms with E-state index in [1.807, 2.05) is 0 Å². The molecule has 1 unspecified atom stereocenters. The van der Waals surface area contributed by atoms with Crippen molar-refractivity contribution in [1.82, 2.24) is 20.4 Å². The number of nitrogens with one attached hydrogen (secondary N) is 2. The van der Waals surface area contributed by atoms with Gasteiger partial charge in [-0.25, -0.2) is 0 Å². The molecule has 0 bridgehead atoms. The van der Waals surface area contributed by atoms with Crippen molar-refractivity contribution < 1.29 is 9.90 Å². The van der Waals surface area contributed by atoms with E-state index in [1.54, 1.807) is 24.0 Å². The summed E-state index contributed by atoms with van der Waals surface area (Å²) in [6, 6.07) is 1.65. The molecule has 0 saturated carbocycles. The minimum absolute atomic E-state index is 0.249. The normalized spacial score (nSPS) is 24.6. The summed E-state index contributed by atoms with van der Waals surface area (Å²) >= 11 is 0. The minimum atomic E-state index is -0.815. The van der Waals surface area contributed by atoms with Crippen LogP contribution in [0, 0.1) is 0 Å². The van der Waals surface area contributed by atoms with Crippen LogP contribution in [-0.4, -0.2) is 46.0 Å². The molecular formula is C10H16N4O2. The lowest BCUT2D eigenvalue weighted by atomic mass is 10.0. The molecule has 1 fully saturated rings. The number of hydrogen-bond donors (Lipinski definition) is 3. The van der Waals surface area contributed by atoms with Gasteiger partial charge in [0.15, 0.2) is 0 Å². The third-order valence-electron chi connectivity index (χ3n) is 2.75. The van der Waals surface area contributed by atoms with Crippen molar-refractivity contribution in [3.8, 4) is 0 Å². The molecule has 1 aliphatic heterocycles. The largest absolute Gasteiger partial charge is 0.387 e. The maximum Gasteiger partial charge on any atom is 0.271 e. The molecule has 6 heteroatoms. The molecule has 1 atom stereocenters. The molecule has 0 radical (unpaired) electrons. The zero-order valence-electron chi connectivity index (χ0n) is 9.23. The van der Waals surface area contributed by atoms with Gasteiger partial charge in [-0.15, -0.1) is 0 Å². The molecule has 1 saturated heterocycles. The molecule has 16 heavy (non-hydrogen) atoms. The molecular weight excluding hydrogens is 208 g/mol. The highest BCUT2D eigenvalue weighted by atomic mass is 16.3. The zero-order valence-corrected chi connectivity index (χ0v) is 9.23. The molecule has 1 aromatic heterocycles. The Kier molecular flexibility index (Phi) is 2.93. The first-order valence-electron chi connectivity index (χ1n) is 5.30. The van der Waals surface area contributed by atoms with Gasteiger partial charge in [-0.3, -0.25) is 9.48 Å². The molecule has 0 aromatic carbocycles. The number of nitrogens with zero attached hydrogens (tertiary/aromatic N) is 2. The standard InChI is InChI=1S/C10H16N4O2/c1-14-5-2-8(13-14)9(15)12-7-10(16)3-4-11-6-10/h2,5,11,16H,3-4,6-7H2,1H3,(H,12,15). The van der Waals surface area contributed by atoms with E-state index in [-0.39, 0.29) is 12.5 Å². The SMILES string of the molecule is Cn1ccc(C(=O)NCC2(O)CCNC2)n1. The third kappa shape index (κ3) is 2.40. The number of carbonyl (C=O) groups excluding carboxylic acids is 1. The summed E-state index contributed by atoms with van der Waals surface area (Å²) in [4.78, 5) is 11.6. The quantitative estimate of drug-likeness (QED) is 0.607. The van der Waals surface area contributed by atoms with E-state index >= 15 is 0 Å². The highest BCUT2D eigenvalue weighted by molar-refractivity contribution is 5.92. The lowest BCUT2D eigenvalue weighted by Crippen LogP contribution is -2.44. The van der Waals surface area contributed by atoms with Crippen LogP contribution >= 0.6 is 0 Å². The van der Waals surface area contributed by atoms with Gasteiger partial charge in [-0.2, -0.15) is 5.10 Å². The van der Waals surface area contributed by atoms with E-state index in [4.69, 9.17) is 0 Å². The fourth-order valence-electron chi connectivity index (χ4n) is 1.75. The second-order valence-electron chi connectivity index (χ2n) is 4.21. The number of aliphatic hydroxyl groups is 1. The van der Waals surface area contributed by atoms with E-state index in [2.05, 4.69) is 15.7 Å². The van der Waals surface area contributed by atoms with Crippen molar-refractivity contribution in [1.29, 1.82) is 0 Å². The maximum atomic E-state index is 11.6. The van der Waals surface area contributed by atoms with Crippen molar-refractivity contribution in [2.75, 3.05) is 19.6 Å². The summed E-state index contributed by atoms with van der Waals surface area (Å²) in [6.45, 7) is 1.57. The predicted molar refractivity (Wildman–Crippen MR) is 58.0 cm³/mol. The summed E-state index contributed by atoms with van der Waals surface area (Å²) in [5.41, 5.74) is -0.443. The number of aryl methyl sites for hydroxylation is 1. The lowest BCUT2D eigenvalue weighted by molar-refractivity contribution is 0.0560. The van der Waals surface area contributed by atoms with Crippen molar-refractivity contribution in [2.24, 2.45) is 7.05 Å². The van der Waals surface area contributed by atoms with Gasteiger partial charge in [0.25, 0.3) is 5.91 Å². The first-order valence-corrected chi connectivity index (χ1v) is 5.30. The Morgan fingerprint density at radius 1 is 1.81 bits per heavy atom. The summed E-state index contributed by atoms with van der Waals surface area (Å²) in [5, 5.41) is 19.7. The third-order valence-corrected chi connectivity index (χ3v) is 2.75. The Balaban J connectivity index is 1.88. The van der Waals surface area contributed by atoms with Crippen molar-refractivity contribution in [3.63, 3.8) is 0 Å². The number of β-amino-alcohol motifs (C(OH)–C–C–N with tert-alkyl or cyclic N) is 1. The summed E-state index contributed by atoms with van der Waals surface area (Å²) < 4.78 is 1.57. The van der Waals surface area contributed by atoms with Gasteiger partial charge in [0, 0.05) is 26.3 Å². The van der Waals surface area contributed by atoms with E-state index in [0.29, 0.717) is 18.7 Å². The minimum Gasteiger partial charge on any atom is -0.387 e. The number of carbonyl (C=O) groups is 1. The average molecular weight is 224 g/mol. The monoisotopic (exact) mass is 224 g/mol. The molecule has 0 spiro atoms. The number of amides is 1. The van der Waals surface area contributed by atoms with Gasteiger partial charge in [-0.1, -0.05) is 0 Å². The van der Waals surface area contributed by atoms with Crippen LogP contribution < -0.4 is 10.6 Å². The Bertz CT molecular complexity index is 382. The van der Waals surface area contributed by atoms with E-state index < -0.39 is 5.60 Å². The molecule has 1 aromatic rings. The summed E-state index contributed by atoms with van der Waals surface area (Å²) in [5.74, 6) is -0.249. The van der Waals surface area contributed by atoms with Crippen molar-refractivity contribution in [3.05, 3.63) is 18.0 Å². The molecule has 1 aliphatic rings. The molecule has 1 amide bonds. The Morgan fingerprint density at radius 3 is 3.19 bits per heavy atom. The maximum absolute atomic E-state index is 11.6. The van der Waals surface area contributed by atoms with Gasteiger partial charge in [0.2, 0.25) is 0 Å².